The average Bonchev–Trinajstić information content (AvgIpc) is 2.58. The van der Waals surface area contributed by atoms with Gasteiger partial charge in [-0.15, -0.1) is 12.4 Å². The van der Waals surface area contributed by atoms with Crippen LogP contribution in [0.5, 0.6) is 0 Å². The summed E-state index contributed by atoms with van der Waals surface area (Å²) in [5.41, 5.74) is 0. The van der Waals surface area contributed by atoms with Gasteiger partial charge in [-0.05, 0) is 32.5 Å². The van der Waals surface area contributed by atoms with E-state index in [-0.39, 0.29) is 19.0 Å². The molecule has 0 radical (unpaired) electrons. The van der Waals surface area contributed by atoms with Crippen LogP contribution in [-0.4, -0.2) is 37.3 Å². The first-order valence-electron chi connectivity index (χ1n) is 10.3. The Morgan fingerprint density at radius 2 is 1.08 bits per heavy atom. The lowest BCUT2D eigenvalue weighted by Crippen LogP contribution is -2.21. The molecule has 0 fully saturated rings. The highest BCUT2D eigenvalue weighted by Gasteiger charge is 1.92. The van der Waals surface area contributed by atoms with Crippen LogP contribution < -0.4 is 10.6 Å². The van der Waals surface area contributed by atoms with Gasteiger partial charge in [0.05, 0.1) is 6.54 Å². The third-order valence-electron chi connectivity index (χ3n) is 3.94. The predicted molar refractivity (Wildman–Crippen MR) is 113 cm³/mol. The molecule has 0 unspecified atom stereocenters. The van der Waals surface area contributed by atoms with Crippen LogP contribution in [0.3, 0.4) is 0 Å². The van der Waals surface area contributed by atoms with Gasteiger partial charge < -0.3 is 15.7 Å². The van der Waals surface area contributed by atoms with Crippen molar-refractivity contribution in [2.45, 2.75) is 97.8 Å². The smallest absolute Gasteiger partial charge is 0.317 e. The second-order valence-electron chi connectivity index (χ2n) is 6.46. The van der Waals surface area contributed by atoms with Crippen LogP contribution in [0.15, 0.2) is 0 Å². The zero-order chi connectivity index (χ0) is 18.3. The zero-order valence-corrected chi connectivity index (χ0v) is 17.9. The van der Waals surface area contributed by atoms with E-state index in [4.69, 9.17) is 5.11 Å². The van der Waals surface area contributed by atoms with Crippen molar-refractivity contribution in [1.29, 1.82) is 0 Å². The maximum Gasteiger partial charge on any atom is 0.317 e. The molecule has 0 bridgehead atoms. The Morgan fingerprint density at radius 3 is 1.40 bits per heavy atom. The van der Waals surface area contributed by atoms with Crippen molar-refractivity contribution in [1.82, 2.24) is 10.6 Å². The van der Waals surface area contributed by atoms with E-state index in [9.17, 15) is 4.79 Å². The second kappa shape index (κ2) is 28.5. The summed E-state index contributed by atoms with van der Waals surface area (Å²) in [5.74, 6) is -0.804. The molecule has 154 valence electrons. The molecule has 0 heterocycles. The highest BCUT2D eigenvalue weighted by molar-refractivity contribution is 5.85. The van der Waals surface area contributed by atoms with E-state index in [1.165, 1.54) is 90.1 Å². The first kappa shape index (κ1) is 29.4. The van der Waals surface area contributed by atoms with E-state index >= 15 is 0 Å². The molecule has 0 aromatic heterocycles. The van der Waals surface area contributed by atoms with Gasteiger partial charge in [-0.25, -0.2) is 0 Å². The third-order valence-corrected chi connectivity index (χ3v) is 3.94. The molecule has 25 heavy (non-hydrogen) atoms. The summed E-state index contributed by atoms with van der Waals surface area (Å²) >= 11 is 0. The molecule has 0 rings (SSSR count). The standard InChI is InChI=1S/C16H35N.C4H9NO2.ClH/c1-3-5-7-9-11-13-15-17-16-14-12-10-8-6-4-2;1-2-5-3-4(6)7;/h17H,3-16H2,1-2H3;5H,2-3H2,1H3,(H,6,7);1H. The Morgan fingerprint density at radius 1 is 0.680 bits per heavy atom. The molecule has 3 N–H and O–H groups in total. The Balaban J connectivity index is -0.000000513. The molecule has 0 spiro atoms. The average molecular weight is 381 g/mol. The monoisotopic (exact) mass is 380 g/mol. The van der Waals surface area contributed by atoms with Crippen molar-refractivity contribution in [3.63, 3.8) is 0 Å². The molecule has 0 aliphatic carbocycles. The minimum Gasteiger partial charge on any atom is -0.480 e. The summed E-state index contributed by atoms with van der Waals surface area (Å²) in [4.78, 5) is 9.70. The second-order valence-corrected chi connectivity index (χ2v) is 6.46. The third kappa shape index (κ3) is 35.6. The number of rotatable bonds is 17. The predicted octanol–water partition coefficient (Wildman–Crippen LogP) is 5.40. The van der Waals surface area contributed by atoms with E-state index in [2.05, 4.69) is 24.5 Å². The van der Waals surface area contributed by atoms with E-state index in [1.54, 1.807) is 0 Å². The summed E-state index contributed by atoms with van der Waals surface area (Å²) < 4.78 is 0. The number of carboxylic acids is 1. The first-order valence-corrected chi connectivity index (χ1v) is 10.3. The summed E-state index contributed by atoms with van der Waals surface area (Å²) in [5, 5.41) is 14.2. The van der Waals surface area contributed by atoms with Crippen LogP contribution in [0.25, 0.3) is 0 Å². The van der Waals surface area contributed by atoms with Crippen molar-refractivity contribution in [2.24, 2.45) is 0 Å². The van der Waals surface area contributed by atoms with E-state index in [1.807, 2.05) is 6.92 Å². The minimum atomic E-state index is -0.804. The van der Waals surface area contributed by atoms with Crippen molar-refractivity contribution >= 4 is 18.4 Å². The van der Waals surface area contributed by atoms with E-state index in [0.717, 1.165) is 0 Å². The van der Waals surface area contributed by atoms with Crippen molar-refractivity contribution < 1.29 is 9.90 Å². The molecule has 0 aliphatic heterocycles. The Labute approximate surface area is 163 Å². The quantitative estimate of drug-likeness (QED) is 0.296. The van der Waals surface area contributed by atoms with Gasteiger partial charge in [0.1, 0.15) is 0 Å². The number of nitrogens with one attached hydrogen (secondary N) is 2. The van der Waals surface area contributed by atoms with Gasteiger partial charge in [0.25, 0.3) is 0 Å². The van der Waals surface area contributed by atoms with Gasteiger partial charge in [-0.1, -0.05) is 85.0 Å². The van der Waals surface area contributed by atoms with Crippen LogP contribution >= 0.6 is 12.4 Å². The van der Waals surface area contributed by atoms with E-state index in [0.29, 0.717) is 6.54 Å². The number of hydrogen-bond donors (Lipinski definition) is 3. The number of halogens is 1. The molecule has 0 amide bonds. The maximum atomic E-state index is 9.70. The molecular formula is C20H45ClN2O2. The largest absolute Gasteiger partial charge is 0.480 e. The number of likely N-dealkylation sites (N-methyl/N-ethyl adjacent to an activating group) is 1. The number of carboxylic acid groups (broad SMARTS) is 1. The molecule has 0 saturated carbocycles. The molecule has 0 atom stereocenters. The van der Waals surface area contributed by atoms with Crippen LogP contribution in [0, 0.1) is 0 Å². The summed E-state index contributed by atoms with van der Waals surface area (Å²) in [6, 6.07) is 0. The van der Waals surface area contributed by atoms with E-state index < -0.39 is 5.97 Å². The number of aliphatic carboxylic acids is 1. The van der Waals surface area contributed by atoms with Gasteiger partial charge in [0.2, 0.25) is 0 Å². The Hall–Kier alpha value is -0.320. The number of unbranched alkanes of at least 4 members (excludes halogenated alkanes) is 10. The zero-order valence-electron chi connectivity index (χ0n) is 17.1. The lowest BCUT2D eigenvalue weighted by molar-refractivity contribution is -0.135. The Bertz CT molecular complexity index is 228. The molecule has 0 aliphatic rings. The SMILES string of the molecule is CCCCCCCCNCCCCCCCC.CCNCC(=O)O.Cl. The molecule has 0 aromatic carbocycles. The lowest BCUT2D eigenvalue weighted by Gasteiger charge is -2.04. The first-order chi connectivity index (χ1) is 11.7. The van der Waals surface area contributed by atoms with Gasteiger partial charge in [0, 0.05) is 0 Å². The van der Waals surface area contributed by atoms with Crippen LogP contribution in [0.1, 0.15) is 97.8 Å². The molecule has 5 heteroatoms. The van der Waals surface area contributed by atoms with Crippen molar-refractivity contribution in [3.05, 3.63) is 0 Å². The normalized spacial score (nSPS) is 9.88. The highest BCUT2D eigenvalue weighted by Crippen LogP contribution is 2.05. The summed E-state index contributed by atoms with van der Waals surface area (Å²) in [6.45, 7) is 9.68. The lowest BCUT2D eigenvalue weighted by atomic mass is 10.1. The van der Waals surface area contributed by atoms with Gasteiger partial charge in [0.15, 0.2) is 0 Å². The van der Waals surface area contributed by atoms with Crippen molar-refractivity contribution in [3.8, 4) is 0 Å². The fraction of sp³-hybridized carbons (Fsp3) is 0.950. The van der Waals surface area contributed by atoms with Gasteiger partial charge >= 0.3 is 5.97 Å². The summed E-state index contributed by atoms with van der Waals surface area (Å²) in [6.07, 6.45) is 16.9. The van der Waals surface area contributed by atoms with Crippen LogP contribution in [-0.2, 0) is 4.79 Å². The molecular weight excluding hydrogens is 336 g/mol. The van der Waals surface area contributed by atoms with Gasteiger partial charge in [-0.3, -0.25) is 4.79 Å². The number of hydrogen-bond acceptors (Lipinski definition) is 3. The fourth-order valence-corrected chi connectivity index (χ4v) is 2.42. The molecule has 0 saturated heterocycles. The fourth-order valence-electron chi connectivity index (χ4n) is 2.42. The van der Waals surface area contributed by atoms with Gasteiger partial charge in [-0.2, -0.15) is 0 Å². The van der Waals surface area contributed by atoms with Crippen molar-refractivity contribution in [2.75, 3.05) is 26.2 Å². The van der Waals surface area contributed by atoms with Crippen LogP contribution in [0.4, 0.5) is 0 Å². The highest BCUT2D eigenvalue weighted by atomic mass is 35.5. The minimum absolute atomic E-state index is 0. The molecule has 4 nitrogen and oxygen atoms in total. The summed E-state index contributed by atoms with van der Waals surface area (Å²) in [7, 11) is 0. The maximum absolute atomic E-state index is 9.70. The number of carbonyl (C=O) groups is 1. The topological polar surface area (TPSA) is 61.4 Å². The Kier molecular flexibility index (Phi) is 33.5. The van der Waals surface area contributed by atoms with Crippen LogP contribution in [0.2, 0.25) is 0 Å². The molecule has 0 aromatic rings.